The van der Waals surface area contributed by atoms with Crippen molar-refractivity contribution in [1.82, 2.24) is 20.2 Å². The van der Waals surface area contributed by atoms with Crippen LogP contribution in [0.3, 0.4) is 0 Å². The van der Waals surface area contributed by atoms with Gasteiger partial charge in [-0.3, -0.25) is 9.36 Å². The van der Waals surface area contributed by atoms with Crippen molar-refractivity contribution in [2.24, 2.45) is 5.10 Å². The average Bonchev–Trinajstić information content (AvgIpc) is 3.37. The lowest BCUT2D eigenvalue weighted by Crippen LogP contribution is -2.20. The summed E-state index contributed by atoms with van der Waals surface area (Å²) in [6.07, 6.45) is 1.36. The Hall–Kier alpha value is -4.71. The van der Waals surface area contributed by atoms with Crippen LogP contribution in [0.2, 0.25) is 0 Å². The van der Waals surface area contributed by atoms with E-state index >= 15 is 0 Å². The number of rotatable bonds is 10. The zero-order chi connectivity index (χ0) is 27.1. The number of hydrogen-bond acceptors (Lipinski definition) is 10. The number of carbonyl (C=O) groups excluding carboxylic acids is 1. The van der Waals surface area contributed by atoms with E-state index in [1.807, 2.05) is 34.9 Å². The SMILES string of the molecule is COc1cc(-c2nnc(SCC(=O)NN=Cc3ccc(O)c(O)c3)n2-c2ccccc2)cc(OC)c1OC. The number of carbonyl (C=O) groups is 1. The molecular weight excluding hydrogens is 510 g/mol. The molecule has 0 aliphatic heterocycles. The van der Waals surface area contributed by atoms with Gasteiger partial charge in [0.1, 0.15) is 0 Å². The minimum atomic E-state index is -0.369. The molecule has 4 rings (SSSR count). The van der Waals surface area contributed by atoms with Crippen molar-refractivity contribution in [2.45, 2.75) is 5.16 Å². The highest BCUT2D eigenvalue weighted by molar-refractivity contribution is 7.99. The van der Waals surface area contributed by atoms with Crippen molar-refractivity contribution >= 4 is 23.9 Å². The number of nitrogens with one attached hydrogen (secondary N) is 1. The molecule has 1 aromatic heterocycles. The first-order valence-electron chi connectivity index (χ1n) is 11.2. The maximum atomic E-state index is 12.5. The minimum Gasteiger partial charge on any atom is -0.504 e. The summed E-state index contributed by atoms with van der Waals surface area (Å²) in [6.45, 7) is 0. The summed E-state index contributed by atoms with van der Waals surface area (Å²) in [5.41, 5.74) is 4.42. The van der Waals surface area contributed by atoms with Crippen LogP contribution in [0.15, 0.2) is 70.9 Å². The van der Waals surface area contributed by atoms with Gasteiger partial charge in [0.2, 0.25) is 5.75 Å². The number of hydrogen-bond donors (Lipinski definition) is 3. The van der Waals surface area contributed by atoms with Crippen LogP contribution in [0.1, 0.15) is 5.56 Å². The molecular formula is C26H25N5O6S. The van der Waals surface area contributed by atoms with Gasteiger partial charge in [0.05, 0.1) is 33.3 Å². The monoisotopic (exact) mass is 535 g/mol. The molecule has 0 aliphatic rings. The molecule has 11 nitrogen and oxygen atoms in total. The Balaban J connectivity index is 1.58. The summed E-state index contributed by atoms with van der Waals surface area (Å²) in [7, 11) is 4.61. The Bertz CT molecular complexity index is 1430. The lowest BCUT2D eigenvalue weighted by atomic mass is 10.1. The zero-order valence-electron chi connectivity index (χ0n) is 20.8. The average molecular weight is 536 g/mol. The van der Waals surface area contributed by atoms with Crippen LogP contribution in [0, 0.1) is 0 Å². The third-order valence-electron chi connectivity index (χ3n) is 5.31. The van der Waals surface area contributed by atoms with Crippen LogP contribution >= 0.6 is 11.8 Å². The van der Waals surface area contributed by atoms with E-state index in [0.717, 1.165) is 5.69 Å². The molecule has 3 aromatic carbocycles. The number of phenols is 2. The summed E-state index contributed by atoms with van der Waals surface area (Å²) in [6, 6.07) is 17.3. The van der Waals surface area contributed by atoms with E-state index in [-0.39, 0.29) is 23.2 Å². The number of benzene rings is 3. The molecule has 3 N–H and O–H groups in total. The Labute approximate surface area is 222 Å². The second-order valence-electron chi connectivity index (χ2n) is 7.72. The van der Waals surface area contributed by atoms with E-state index in [1.54, 1.807) is 18.2 Å². The number of nitrogens with zero attached hydrogens (tertiary/aromatic N) is 4. The van der Waals surface area contributed by atoms with Crippen molar-refractivity contribution in [2.75, 3.05) is 27.1 Å². The number of ether oxygens (including phenoxy) is 3. The Morgan fingerprint density at radius 3 is 2.32 bits per heavy atom. The first-order valence-corrected chi connectivity index (χ1v) is 12.2. The fraction of sp³-hybridized carbons (Fsp3) is 0.154. The fourth-order valence-corrected chi connectivity index (χ4v) is 4.28. The number of phenolic OH excluding ortho intramolecular Hbond substituents is 2. The van der Waals surface area contributed by atoms with Crippen molar-refractivity contribution in [1.29, 1.82) is 0 Å². The number of aromatic nitrogens is 3. The van der Waals surface area contributed by atoms with Crippen LogP contribution in [-0.2, 0) is 4.79 Å². The van der Waals surface area contributed by atoms with E-state index in [1.165, 1.54) is 51.4 Å². The van der Waals surface area contributed by atoms with Crippen LogP contribution in [0.4, 0.5) is 0 Å². The zero-order valence-corrected chi connectivity index (χ0v) is 21.6. The Kier molecular flexibility index (Phi) is 8.34. The van der Waals surface area contributed by atoms with E-state index in [0.29, 0.717) is 39.4 Å². The van der Waals surface area contributed by atoms with E-state index < -0.39 is 0 Å². The minimum absolute atomic E-state index is 0.0123. The molecule has 0 unspecified atom stereocenters. The van der Waals surface area contributed by atoms with Crippen LogP contribution in [0.5, 0.6) is 28.7 Å². The second-order valence-corrected chi connectivity index (χ2v) is 8.66. The highest BCUT2D eigenvalue weighted by Crippen LogP contribution is 2.41. The Morgan fingerprint density at radius 1 is 0.974 bits per heavy atom. The first-order chi connectivity index (χ1) is 18.4. The molecule has 0 atom stereocenters. The maximum absolute atomic E-state index is 12.5. The van der Waals surface area contributed by atoms with Crippen molar-refractivity contribution in [3.05, 3.63) is 66.2 Å². The molecule has 1 heterocycles. The molecule has 0 spiro atoms. The summed E-state index contributed by atoms with van der Waals surface area (Å²) >= 11 is 1.19. The number of aromatic hydroxyl groups is 2. The number of amides is 1. The summed E-state index contributed by atoms with van der Waals surface area (Å²) in [4.78, 5) is 12.5. The summed E-state index contributed by atoms with van der Waals surface area (Å²) in [5.74, 6) is 1.04. The third-order valence-corrected chi connectivity index (χ3v) is 6.23. The van der Waals surface area contributed by atoms with Crippen molar-refractivity contribution in [3.63, 3.8) is 0 Å². The van der Waals surface area contributed by atoms with Crippen LogP contribution in [0.25, 0.3) is 17.1 Å². The van der Waals surface area contributed by atoms with Gasteiger partial charge in [-0.1, -0.05) is 30.0 Å². The largest absolute Gasteiger partial charge is 0.504 e. The molecule has 0 aliphatic carbocycles. The lowest BCUT2D eigenvalue weighted by Gasteiger charge is -2.15. The van der Waals surface area contributed by atoms with Gasteiger partial charge in [-0.25, -0.2) is 5.43 Å². The van der Waals surface area contributed by atoms with Gasteiger partial charge in [0, 0.05) is 11.3 Å². The van der Waals surface area contributed by atoms with E-state index in [9.17, 15) is 15.0 Å². The predicted octanol–water partition coefficient (Wildman–Crippen LogP) is 3.61. The van der Waals surface area contributed by atoms with Gasteiger partial charge in [0.25, 0.3) is 5.91 Å². The number of hydrazone groups is 1. The summed E-state index contributed by atoms with van der Waals surface area (Å²) in [5, 5.41) is 32.1. The maximum Gasteiger partial charge on any atom is 0.250 e. The normalized spacial score (nSPS) is 10.9. The lowest BCUT2D eigenvalue weighted by molar-refractivity contribution is -0.118. The smallest absolute Gasteiger partial charge is 0.250 e. The molecule has 1 amide bonds. The summed E-state index contributed by atoms with van der Waals surface area (Å²) < 4.78 is 18.3. The molecule has 0 saturated carbocycles. The molecule has 12 heteroatoms. The molecule has 38 heavy (non-hydrogen) atoms. The first kappa shape index (κ1) is 26.4. The highest BCUT2D eigenvalue weighted by Gasteiger charge is 2.21. The van der Waals surface area contributed by atoms with Gasteiger partial charge < -0.3 is 24.4 Å². The van der Waals surface area contributed by atoms with Crippen LogP contribution < -0.4 is 19.6 Å². The van der Waals surface area contributed by atoms with Gasteiger partial charge >= 0.3 is 0 Å². The van der Waals surface area contributed by atoms with Crippen molar-refractivity contribution in [3.8, 4) is 45.8 Å². The third kappa shape index (κ3) is 5.81. The molecule has 4 aromatic rings. The number of thioether (sulfide) groups is 1. The topological polar surface area (TPSA) is 140 Å². The molecule has 0 radical (unpaired) electrons. The predicted molar refractivity (Wildman–Crippen MR) is 143 cm³/mol. The van der Waals surface area contributed by atoms with Crippen molar-refractivity contribution < 1.29 is 29.2 Å². The standard InChI is InChI=1S/C26H25N5O6S/c1-35-21-12-17(13-22(36-2)24(21)37-3)25-29-30-26(31(25)18-7-5-4-6-8-18)38-15-23(34)28-27-14-16-9-10-19(32)20(33)11-16/h4-14,32-33H,15H2,1-3H3,(H,28,34). The van der Waals surface area contributed by atoms with Crippen LogP contribution in [-0.4, -0.2) is 64.2 Å². The number of para-hydroxylation sites is 1. The highest BCUT2D eigenvalue weighted by atomic mass is 32.2. The molecule has 0 saturated heterocycles. The molecule has 0 fully saturated rings. The number of methoxy groups -OCH3 is 3. The van der Waals surface area contributed by atoms with E-state index in [2.05, 4.69) is 20.7 Å². The fourth-order valence-electron chi connectivity index (χ4n) is 3.53. The van der Waals surface area contributed by atoms with Gasteiger partial charge in [-0.05, 0) is 48.0 Å². The van der Waals surface area contributed by atoms with Gasteiger partial charge in [-0.15, -0.1) is 10.2 Å². The second kappa shape index (κ2) is 12.0. The van der Waals surface area contributed by atoms with E-state index in [4.69, 9.17) is 14.2 Å². The Morgan fingerprint density at radius 2 is 1.68 bits per heavy atom. The quantitative estimate of drug-likeness (QED) is 0.120. The van der Waals surface area contributed by atoms with Gasteiger partial charge in [-0.2, -0.15) is 5.10 Å². The molecule has 0 bridgehead atoms. The van der Waals surface area contributed by atoms with Gasteiger partial charge in [0.15, 0.2) is 34.0 Å². The molecule has 196 valence electrons.